The van der Waals surface area contributed by atoms with Gasteiger partial charge in [-0.2, -0.15) is 5.10 Å². The molecular formula is C28H28FN5O2. The molecule has 7 nitrogen and oxygen atoms in total. The topological polar surface area (TPSA) is 72.2 Å². The number of aromatic nitrogens is 3. The molecule has 184 valence electrons. The average Bonchev–Trinajstić information content (AvgIpc) is 3.57. The van der Waals surface area contributed by atoms with E-state index in [0.717, 1.165) is 29.7 Å². The molecule has 0 bridgehead atoms. The molecule has 0 spiro atoms. The summed E-state index contributed by atoms with van der Waals surface area (Å²) in [5, 5.41) is 7.52. The molecule has 4 aromatic rings. The molecule has 2 amide bonds. The maximum absolute atomic E-state index is 13.7. The fourth-order valence-corrected chi connectivity index (χ4v) is 4.66. The molecule has 2 aromatic heterocycles. The number of nitrogens with zero attached hydrogens (tertiary/aromatic N) is 4. The number of carbonyl (C=O) groups excluding carboxylic acids is 2. The molecule has 0 saturated carbocycles. The number of amides is 2. The lowest BCUT2D eigenvalue weighted by Gasteiger charge is -2.32. The molecule has 3 heterocycles. The van der Waals surface area contributed by atoms with E-state index in [1.165, 1.54) is 12.1 Å². The monoisotopic (exact) mass is 485 g/mol. The van der Waals surface area contributed by atoms with Crippen LogP contribution in [0.4, 0.5) is 10.1 Å². The predicted molar refractivity (Wildman–Crippen MR) is 136 cm³/mol. The number of rotatable bonds is 5. The average molecular weight is 486 g/mol. The van der Waals surface area contributed by atoms with Gasteiger partial charge in [-0.15, -0.1) is 0 Å². The Bertz CT molecular complexity index is 1390. The highest BCUT2D eigenvalue weighted by molar-refractivity contribution is 5.98. The fourth-order valence-electron chi connectivity index (χ4n) is 4.66. The Balaban J connectivity index is 1.40. The predicted octanol–water partition coefficient (Wildman–Crippen LogP) is 4.91. The second-order valence-corrected chi connectivity index (χ2v) is 9.19. The molecule has 1 aliphatic rings. The Kier molecular flexibility index (Phi) is 6.41. The summed E-state index contributed by atoms with van der Waals surface area (Å²) in [7, 11) is 0. The van der Waals surface area contributed by atoms with Crippen molar-refractivity contribution in [3.8, 4) is 11.5 Å². The molecule has 0 unspecified atom stereocenters. The molecule has 1 N–H and O–H groups in total. The third-order valence-corrected chi connectivity index (χ3v) is 6.84. The SMILES string of the molecule is Cc1cccc(NC(=O)[C@@H]2CCCN(C(=O)c3cnn(-c4ccc(F)cc4)c3-n3cccc3)C2)c1C. The number of anilines is 1. The number of likely N-dealkylation sites (tertiary alicyclic amines) is 1. The van der Waals surface area contributed by atoms with E-state index in [1.807, 2.05) is 61.1 Å². The zero-order chi connectivity index (χ0) is 25.2. The normalized spacial score (nSPS) is 15.6. The maximum atomic E-state index is 13.7. The van der Waals surface area contributed by atoms with Crippen molar-refractivity contribution in [2.24, 2.45) is 5.92 Å². The van der Waals surface area contributed by atoms with Crippen molar-refractivity contribution in [3.63, 3.8) is 0 Å². The van der Waals surface area contributed by atoms with E-state index in [1.54, 1.807) is 27.9 Å². The Morgan fingerprint density at radius 1 is 1.03 bits per heavy atom. The van der Waals surface area contributed by atoms with Crippen molar-refractivity contribution in [2.45, 2.75) is 26.7 Å². The number of halogens is 1. The zero-order valence-corrected chi connectivity index (χ0v) is 20.3. The number of nitrogens with one attached hydrogen (secondary N) is 1. The molecule has 5 rings (SSSR count). The van der Waals surface area contributed by atoms with E-state index in [9.17, 15) is 14.0 Å². The first-order valence-corrected chi connectivity index (χ1v) is 12.1. The molecule has 0 radical (unpaired) electrons. The zero-order valence-electron chi connectivity index (χ0n) is 20.3. The van der Waals surface area contributed by atoms with E-state index in [4.69, 9.17) is 0 Å². The van der Waals surface area contributed by atoms with Crippen LogP contribution in [0.5, 0.6) is 0 Å². The van der Waals surface area contributed by atoms with Crippen LogP contribution in [0.15, 0.2) is 73.2 Å². The van der Waals surface area contributed by atoms with Gasteiger partial charge in [0.15, 0.2) is 5.82 Å². The van der Waals surface area contributed by atoms with Crippen molar-refractivity contribution >= 4 is 17.5 Å². The van der Waals surface area contributed by atoms with Crippen LogP contribution >= 0.6 is 0 Å². The van der Waals surface area contributed by atoms with Gasteiger partial charge in [0.2, 0.25) is 5.91 Å². The van der Waals surface area contributed by atoms with Crippen LogP contribution in [0.2, 0.25) is 0 Å². The second kappa shape index (κ2) is 9.81. The van der Waals surface area contributed by atoms with Crippen molar-refractivity contribution in [2.75, 3.05) is 18.4 Å². The van der Waals surface area contributed by atoms with Gasteiger partial charge < -0.3 is 14.8 Å². The maximum Gasteiger partial charge on any atom is 0.259 e. The summed E-state index contributed by atoms with van der Waals surface area (Å²) in [5.74, 6) is -0.336. The number of benzene rings is 2. The Hall–Kier alpha value is -4.20. The molecule has 2 aromatic carbocycles. The molecular weight excluding hydrogens is 457 g/mol. The summed E-state index contributed by atoms with van der Waals surface area (Å²) >= 11 is 0. The largest absolute Gasteiger partial charge is 0.338 e. The lowest BCUT2D eigenvalue weighted by molar-refractivity contribution is -0.121. The fraction of sp³-hybridized carbons (Fsp3) is 0.250. The molecule has 1 aliphatic heterocycles. The van der Waals surface area contributed by atoms with Gasteiger partial charge in [0.25, 0.3) is 5.91 Å². The first kappa shape index (κ1) is 23.5. The summed E-state index contributed by atoms with van der Waals surface area (Å²) in [6, 6.07) is 15.5. The van der Waals surface area contributed by atoms with Crippen LogP contribution < -0.4 is 5.32 Å². The molecule has 0 aliphatic carbocycles. The molecule has 36 heavy (non-hydrogen) atoms. The van der Waals surface area contributed by atoms with Crippen LogP contribution in [0.1, 0.15) is 34.3 Å². The highest BCUT2D eigenvalue weighted by Crippen LogP contribution is 2.26. The van der Waals surface area contributed by atoms with Crippen molar-refractivity contribution < 1.29 is 14.0 Å². The van der Waals surface area contributed by atoms with E-state index < -0.39 is 0 Å². The lowest BCUT2D eigenvalue weighted by atomic mass is 9.96. The number of aryl methyl sites for hydroxylation is 1. The smallest absolute Gasteiger partial charge is 0.259 e. The third kappa shape index (κ3) is 4.54. The number of carbonyl (C=O) groups is 2. The van der Waals surface area contributed by atoms with Crippen LogP contribution in [-0.2, 0) is 4.79 Å². The van der Waals surface area contributed by atoms with Crippen LogP contribution in [-0.4, -0.2) is 44.2 Å². The molecule has 8 heteroatoms. The van der Waals surface area contributed by atoms with Crippen LogP contribution in [0, 0.1) is 25.6 Å². The van der Waals surface area contributed by atoms with Crippen molar-refractivity contribution in [1.82, 2.24) is 19.2 Å². The molecule has 1 saturated heterocycles. The van der Waals surface area contributed by atoms with Gasteiger partial charge in [-0.25, -0.2) is 9.07 Å². The standard InChI is InChI=1S/C28H28FN5O2/c1-19-7-5-9-25(20(19)2)31-26(35)21-8-6-16-33(18-21)28(36)24-17-30-34(23-12-10-22(29)11-13-23)27(24)32-14-3-4-15-32/h3-5,7,9-15,17,21H,6,8,16,18H2,1-2H3,(H,31,35)/t21-/m1/s1. The van der Waals surface area contributed by atoms with Gasteiger partial charge in [0, 0.05) is 31.2 Å². The minimum atomic E-state index is -0.344. The molecule has 1 fully saturated rings. The van der Waals surface area contributed by atoms with E-state index in [-0.39, 0.29) is 23.5 Å². The van der Waals surface area contributed by atoms with Gasteiger partial charge in [-0.05, 0) is 80.3 Å². The summed E-state index contributed by atoms with van der Waals surface area (Å²) in [6.07, 6.45) is 6.68. The van der Waals surface area contributed by atoms with Crippen LogP contribution in [0.25, 0.3) is 11.5 Å². The minimum absolute atomic E-state index is 0.0751. The van der Waals surface area contributed by atoms with Gasteiger partial charge in [-0.3, -0.25) is 9.59 Å². The van der Waals surface area contributed by atoms with Crippen molar-refractivity contribution in [1.29, 1.82) is 0 Å². The first-order chi connectivity index (χ1) is 17.4. The highest BCUT2D eigenvalue weighted by atomic mass is 19.1. The Labute approximate surface area is 209 Å². The van der Waals surface area contributed by atoms with Gasteiger partial charge in [0.1, 0.15) is 11.4 Å². The van der Waals surface area contributed by atoms with Crippen LogP contribution in [0.3, 0.4) is 0 Å². The Morgan fingerprint density at radius 2 is 1.78 bits per heavy atom. The number of hydrogen-bond acceptors (Lipinski definition) is 3. The third-order valence-electron chi connectivity index (χ3n) is 6.84. The minimum Gasteiger partial charge on any atom is -0.338 e. The molecule has 1 atom stereocenters. The van der Waals surface area contributed by atoms with E-state index in [2.05, 4.69) is 10.4 Å². The van der Waals surface area contributed by atoms with Gasteiger partial charge in [-0.1, -0.05) is 12.1 Å². The number of hydrogen-bond donors (Lipinski definition) is 1. The van der Waals surface area contributed by atoms with Crippen molar-refractivity contribution in [3.05, 3.63) is 95.7 Å². The summed E-state index contributed by atoms with van der Waals surface area (Å²) in [5.41, 5.74) is 4.02. The van der Waals surface area contributed by atoms with Gasteiger partial charge in [0.05, 0.1) is 17.8 Å². The summed E-state index contributed by atoms with van der Waals surface area (Å²) < 4.78 is 16.9. The first-order valence-electron chi connectivity index (χ1n) is 12.1. The second-order valence-electron chi connectivity index (χ2n) is 9.19. The summed E-state index contributed by atoms with van der Waals surface area (Å²) in [6.45, 7) is 4.91. The highest BCUT2D eigenvalue weighted by Gasteiger charge is 2.31. The number of piperidine rings is 1. The van der Waals surface area contributed by atoms with E-state index in [0.29, 0.717) is 30.2 Å². The van der Waals surface area contributed by atoms with E-state index >= 15 is 0 Å². The Morgan fingerprint density at radius 3 is 2.53 bits per heavy atom. The van der Waals surface area contributed by atoms with Gasteiger partial charge >= 0.3 is 0 Å². The lowest BCUT2D eigenvalue weighted by Crippen LogP contribution is -2.44. The quantitative estimate of drug-likeness (QED) is 0.437. The summed E-state index contributed by atoms with van der Waals surface area (Å²) in [4.78, 5) is 28.5.